The van der Waals surface area contributed by atoms with Gasteiger partial charge in [-0.25, -0.2) is 4.98 Å². The molecule has 1 fully saturated rings. The van der Waals surface area contributed by atoms with Crippen LogP contribution in [0.15, 0.2) is 101 Å². The highest BCUT2D eigenvalue weighted by molar-refractivity contribution is 7.99. The number of nitrogens with one attached hydrogen (secondary N) is 1. The zero-order valence-electron chi connectivity index (χ0n) is 22.5. The van der Waals surface area contributed by atoms with E-state index in [9.17, 15) is 27.9 Å². The number of amides is 2. The number of rotatable bonds is 7. The molecule has 0 unspecified atom stereocenters. The van der Waals surface area contributed by atoms with Crippen LogP contribution in [0.5, 0.6) is 5.75 Å². The van der Waals surface area contributed by atoms with Crippen molar-refractivity contribution in [3.05, 3.63) is 113 Å². The maximum Gasteiger partial charge on any atom is 0.416 e. The molecular formula is C32H28F3N3O3S. The molecule has 1 aromatic heterocycles. The van der Waals surface area contributed by atoms with Crippen molar-refractivity contribution in [2.45, 2.75) is 35.4 Å². The van der Waals surface area contributed by atoms with E-state index in [1.165, 1.54) is 30.1 Å². The van der Waals surface area contributed by atoms with Crippen LogP contribution in [0.4, 0.5) is 18.9 Å². The summed E-state index contributed by atoms with van der Waals surface area (Å²) in [5, 5.41) is 13.4. The predicted octanol–water partition coefficient (Wildman–Crippen LogP) is 7.30. The second-order valence-electron chi connectivity index (χ2n) is 10.1. The topological polar surface area (TPSA) is 82.5 Å². The molecule has 0 aliphatic carbocycles. The van der Waals surface area contributed by atoms with Crippen LogP contribution in [0.3, 0.4) is 0 Å². The molecule has 1 aliphatic heterocycles. The number of benzene rings is 3. The van der Waals surface area contributed by atoms with E-state index in [1.54, 1.807) is 41.3 Å². The van der Waals surface area contributed by atoms with E-state index in [2.05, 4.69) is 10.3 Å². The van der Waals surface area contributed by atoms with Gasteiger partial charge in [-0.15, -0.1) is 0 Å². The van der Waals surface area contributed by atoms with Gasteiger partial charge in [0.05, 0.1) is 11.3 Å². The number of nitrogens with zero attached hydrogens (tertiary/aromatic N) is 2. The molecule has 5 rings (SSSR count). The number of phenolic OH excluding ortho intramolecular Hbond substituents is 1. The summed E-state index contributed by atoms with van der Waals surface area (Å²) in [6.07, 6.45) is -0.849. The third-order valence-electron chi connectivity index (χ3n) is 7.14. The van der Waals surface area contributed by atoms with Crippen molar-refractivity contribution in [1.29, 1.82) is 0 Å². The molecule has 3 aromatic carbocycles. The fraction of sp³-hybridized carbons (Fsp3) is 0.219. The summed E-state index contributed by atoms with van der Waals surface area (Å²) in [6.45, 7) is 1.14. The minimum Gasteiger partial charge on any atom is -0.506 e. The molecule has 2 heterocycles. The molecule has 4 aromatic rings. The summed E-state index contributed by atoms with van der Waals surface area (Å²) in [5.41, 5.74) is 1.38. The van der Waals surface area contributed by atoms with Crippen molar-refractivity contribution in [3.8, 4) is 5.75 Å². The fourth-order valence-electron chi connectivity index (χ4n) is 4.91. The molecule has 10 heteroatoms. The van der Waals surface area contributed by atoms with Gasteiger partial charge in [0, 0.05) is 35.3 Å². The third-order valence-corrected chi connectivity index (χ3v) is 8.06. The molecule has 0 spiro atoms. The average Bonchev–Trinajstić information content (AvgIpc) is 2.98. The molecule has 0 saturated carbocycles. The van der Waals surface area contributed by atoms with Crippen molar-refractivity contribution in [2.24, 2.45) is 5.92 Å². The van der Waals surface area contributed by atoms with Crippen LogP contribution in [-0.4, -0.2) is 39.9 Å². The SMILES string of the molecule is O=C(Nc1ccc(C(=O)N2CCC(Cc3cccc(Sc4cc(C(F)(F)F)ccn4)c3)CC2)cc1O)c1ccccc1. The molecule has 2 N–H and O–H groups in total. The number of hydrogen-bond acceptors (Lipinski definition) is 5. The van der Waals surface area contributed by atoms with Crippen LogP contribution in [0.2, 0.25) is 0 Å². The van der Waals surface area contributed by atoms with Gasteiger partial charge in [0.25, 0.3) is 11.8 Å². The van der Waals surface area contributed by atoms with Crippen LogP contribution < -0.4 is 5.32 Å². The van der Waals surface area contributed by atoms with Crippen LogP contribution in [0.1, 0.15) is 44.7 Å². The second kappa shape index (κ2) is 12.7. The van der Waals surface area contributed by atoms with Crippen LogP contribution in [-0.2, 0) is 12.6 Å². The zero-order chi connectivity index (χ0) is 29.7. The normalized spacial score (nSPS) is 14.0. The fourth-order valence-corrected chi connectivity index (χ4v) is 5.81. The number of likely N-dealkylation sites (tertiary alicyclic amines) is 1. The number of anilines is 1. The Balaban J connectivity index is 1.15. The molecule has 0 bridgehead atoms. The highest BCUT2D eigenvalue weighted by Crippen LogP contribution is 2.34. The lowest BCUT2D eigenvalue weighted by atomic mass is 9.90. The lowest BCUT2D eigenvalue weighted by molar-refractivity contribution is -0.137. The molecule has 0 atom stereocenters. The van der Waals surface area contributed by atoms with E-state index in [0.29, 0.717) is 30.1 Å². The second-order valence-corrected chi connectivity index (χ2v) is 11.2. The van der Waals surface area contributed by atoms with Crippen LogP contribution in [0, 0.1) is 5.92 Å². The maximum absolute atomic E-state index is 13.1. The minimum atomic E-state index is -4.42. The van der Waals surface area contributed by atoms with Gasteiger partial charge in [0.2, 0.25) is 0 Å². The Morgan fingerprint density at radius 1 is 0.929 bits per heavy atom. The number of carbonyl (C=O) groups is 2. The van der Waals surface area contributed by atoms with Crippen molar-refractivity contribution >= 4 is 29.3 Å². The van der Waals surface area contributed by atoms with E-state index in [4.69, 9.17) is 0 Å². The summed E-state index contributed by atoms with van der Waals surface area (Å²) in [7, 11) is 0. The van der Waals surface area contributed by atoms with E-state index in [0.717, 1.165) is 41.9 Å². The van der Waals surface area contributed by atoms with Gasteiger partial charge in [0.15, 0.2) is 0 Å². The first kappa shape index (κ1) is 29.2. The first-order chi connectivity index (χ1) is 20.2. The van der Waals surface area contributed by atoms with Crippen molar-refractivity contribution in [2.75, 3.05) is 18.4 Å². The molecule has 2 amide bonds. The van der Waals surface area contributed by atoms with E-state index in [-0.39, 0.29) is 28.3 Å². The summed E-state index contributed by atoms with van der Waals surface area (Å²) in [4.78, 5) is 32.2. The van der Waals surface area contributed by atoms with E-state index >= 15 is 0 Å². The smallest absolute Gasteiger partial charge is 0.416 e. The zero-order valence-corrected chi connectivity index (χ0v) is 23.3. The highest BCUT2D eigenvalue weighted by Gasteiger charge is 2.31. The quantitative estimate of drug-likeness (QED) is 0.220. The number of hydrogen-bond donors (Lipinski definition) is 2. The molecule has 0 radical (unpaired) electrons. The van der Waals surface area contributed by atoms with E-state index < -0.39 is 11.7 Å². The molecule has 1 saturated heterocycles. The molecule has 1 aliphatic rings. The molecule has 216 valence electrons. The Labute approximate surface area is 245 Å². The van der Waals surface area contributed by atoms with Crippen LogP contribution >= 0.6 is 11.8 Å². The number of aromatic hydroxyl groups is 1. The summed E-state index contributed by atoms with van der Waals surface area (Å²) in [6, 6.07) is 22.9. The first-order valence-electron chi connectivity index (χ1n) is 13.4. The average molecular weight is 592 g/mol. The Morgan fingerprint density at radius 2 is 1.69 bits per heavy atom. The maximum atomic E-state index is 13.1. The van der Waals surface area contributed by atoms with Gasteiger partial charge < -0.3 is 15.3 Å². The minimum absolute atomic E-state index is 0.182. The lowest BCUT2D eigenvalue weighted by Gasteiger charge is -2.32. The number of piperidine rings is 1. The van der Waals surface area contributed by atoms with Crippen molar-refractivity contribution in [1.82, 2.24) is 9.88 Å². The Hall–Kier alpha value is -4.31. The summed E-state index contributed by atoms with van der Waals surface area (Å²) in [5.74, 6) is -0.372. The summed E-state index contributed by atoms with van der Waals surface area (Å²) >= 11 is 1.19. The number of halogens is 3. The Morgan fingerprint density at radius 3 is 2.40 bits per heavy atom. The third kappa shape index (κ3) is 7.30. The Bertz CT molecular complexity index is 1570. The standard InChI is InChI=1S/C32H28F3N3O3S/c33-32(34,35)25-11-14-36-29(20-25)42-26-8-4-5-22(18-26)17-21-12-15-38(16-13-21)31(41)24-9-10-27(28(39)19-24)37-30(40)23-6-2-1-3-7-23/h1-11,14,18-21,39H,12-13,15-17H2,(H,37,40). The first-order valence-corrected chi connectivity index (χ1v) is 14.3. The molecular weight excluding hydrogens is 563 g/mol. The van der Waals surface area contributed by atoms with E-state index in [1.807, 2.05) is 24.3 Å². The van der Waals surface area contributed by atoms with Crippen molar-refractivity contribution < 1.29 is 27.9 Å². The largest absolute Gasteiger partial charge is 0.506 e. The van der Waals surface area contributed by atoms with Gasteiger partial charge >= 0.3 is 6.18 Å². The number of phenols is 1. The van der Waals surface area contributed by atoms with Crippen molar-refractivity contribution in [3.63, 3.8) is 0 Å². The monoisotopic (exact) mass is 591 g/mol. The van der Waals surface area contributed by atoms with Crippen LogP contribution in [0.25, 0.3) is 0 Å². The van der Waals surface area contributed by atoms with Gasteiger partial charge in [-0.3, -0.25) is 9.59 Å². The molecule has 42 heavy (non-hydrogen) atoms. The number of pyridine rings is 1. The number of aromatic nitrogens is 1. The van der Waals surface area contributed by atoms with Gasteiger partial charge in [-0.2, -0.15) is 13.2 Å². The molecule has 6 nitrogen and oxygen atoms in total. The highest BCUT2D eigenvalue weighted by atomic mass is 32.2. The number of alkyl halides is 3. The Kier molecular flexibility index (Phi) is 8.82. The van der Waals surface area contributed by atoms with Gasteiger partial charge in [-0.1, -0.05) is 42.1 Å². The predicted molar refractivity (Wildman–Crippen MR) is 155 cm³/mol. The number of carbonyl (C=O) groups excluding carboxylic acids is 2. The lowest BCUT2D eigenvalue weighted by Crippen LogP contribution is -2.38. The van der Waals surface area contributed by atoms with Gasteiger partial charge in [-0.05, 0) is 85.3 Å². The van der Waals surface area contributed by atoms with Gasteiger partial charge in [0.1, 0.15) is 10.8 Å². The summed E-state index contributed by atoms with van der Waals surface area (Å²) < 4.78 is 39.1.